The van der Waals surface area contributed by atoms with Gasteiger partial charge in [0, 0.05) is 23.0 Å². The van der Waals surface area contributed by atoms with Crippen LogP contribution in [0.3, 0.4) is 0 Å². The number of carbonyl (C=O) groups excluding carboxylic acids is 2. The molecule has 3 aromatic rings. The molecule has 1 amide bonds. The smallest absolute Gasteiger partial charge is 0.341 e. The number of amides is 1. The summed E-state index contributed by atoms with van der Waals surface area (Å²) >= 11 is 3.49. The Labute approximate surface area is 164 Å². The first-order chi connectivity index (χ1) is 13.2. The molecule has 6 nitrogen and oxygen atoms in total. The van der Waals surface area contributed by atoms with Crippen LogP contribution in [-0.4, -0.2) is 28.8 Å². The zero-order chi connectivity index (χ0) is 18.6. The van der Waals surface area contributed by atoms with E-state index >= 15 is 0 Å². The number of carbonyl (C=O) groups is 2. The third-order valence-corrected chi connectivity index (χ3v) is 6.63. The topological polar surface area (TPSA) is 73.5 Å². The van der Waals surface area contributed by atoms with Gasteiger partial charge >= 0.3 is 5.97 Å². The van der Waals surface area contributed by atoms with E-state index in [1.54, 1.807) is 29.7 Å². The van der Waals surface area contributed by atoms with Crippen LogP contribution in [0.1, 0.15) is 26.6 Å². The fourth-order valence-corrected chi connectivity index (χ4v) is 5.37. The van der Waals surface area contributed by atoms with Gasteiger partial charge in [0.05, 0.1) is 18.4 Å². The summed E-state index contributed by atoms with van der Waals surface area (Å²) in [6.45, 7) is -0.0485. The Bertz CT molecular complexity index is 929. The number of nitrogens with one attached hydrogen (secondary N) is 1. The second-order valence-corrected chi connectivity index (χ2v) is 8.20. The Kier molecular flexibility index (Phi) is 5.35. The standard InChI is InChI=1S/C19H18N2O4S2/c22-16(20-10-13-4-3-8-24-13)11-25-19(23)17-14-5-9-26-12-15(14)27-18(17)21-6-1-2-7-21/h1-4,6-8H,5,9-12H2,(H,20,22). The van der Waals surface area contributed by atoms with E-state index in [-0.39, 0.29) is 19.1 Å². The van der Waals surface area contributed by atoms with E-state index in [0.29, 0.717) is 11.3 Å². The maximum Gasteiger partial charge on any atom is 0.341 e. The summed E-state index contributed by atoms with van der Waals surface area (Å²) in [5.41, 5.74) is 1.65. The SMILES string of the molecule is O=C(COC(=O)c1c(-n2cccc2)sc2c1CCSC2)NCc1ccco1. The fourth-order valence-electron chi connectivity index (χ4n) is 2.93. The van der Waals surface area contributed by atoms with Crippen LogP contribution in [0.2, 0.25) is 0 Å². The molecule has 4 rings (SSSR count). The first-order valence-corrected chi connectivity index (χ1v) is 10.5. The first kappa shape index (κ1) is 17.9. The third kappa shape index (κ3) is 3.96. The zero-order valence-electron chi connectivity index (χ0n) is 14.5. The van der Waals surface area contributed by atoms with Gasteiger partial charge in [-0.2, -0.15) is 11.8 Å². The summed E-state index contributed by atoms with van der Waals surface area (Å²) < 4.78 is 12.4. The second kappa shape index (κ2) is 8.06. The predicted molar refractivity (Wildman–Crippen MR) is 104 cm³/mol. The highest BCUT2D eigenvalue weighted by atomic mass is 32.2. The molecule has 0 spiro atoms. The Balaban J connectivity index is 1.46. The summed E-state index contributed by atoms with van der Waals surface area (Å²) in [5.74, 6) is 1.73. The van der Waals surface area contributed by atoms with Gasteiger partial charge in [-0.05, 0) is 42.0 Å². The van der Waals surface area contributed by atoms with Crippen molar-refractivity contribution in [3.8, 4) is 5.00 Å². The van der Waals surface area contributed by atoms with Gasteiger partial charge in [0.15, 0.2) is 6.61 Å². The van der Waals surface area contributed by atoms with Crippen molar-refractivity contribution in [1.82, 2.24) is 9.88 Å². The molecule has 0 aromatic carbocycles. The molecule has 4 heterocycles. The molecule has 0 saturated heterocycles. The molecule has 3 aromatic heterocycles. The quantitative estimate of drug-likeness (QED) is 0.640. The van der Waals surface area contributed by atoms with Crippen molar-refractivity contribution in [2.75, 3.05) is 12.4 Å². The van der Waals surface area contributed by atoms with Crippen molar-refractivity contribution in [3.63, 3.8) is 0 Å². The third-order valence-electron chi connectivity index (χ3n) is 4.22. The lowest BCUT2D eigenvalue weighted by Crippen LogP contribution is -2.28. The number of thiophene rings is 1. The van der Waals surface area contributed by atoms with Gasteiger partial charge in [-0.1, -0.05) is 0 Å². The maximum absolute atomic E-state index is 12.8. The van der Waals surface area contributed by atoms with Crippen LogP contribution in [-0.2, 0) is 28.2 Å². The summed E-state index contributed by atoms with van der Waals surface area (Å²) in [7, 11) is 0. The predicted octanol–water partition coefficient (Wildman–Crippen LogP) is 3.39. The van der Waals surface area contributed by atoms with Crippen LogP contribution < -0.4 is 5.32 Å². The Morgan fingerprint density at radius 1 is 1.26 bits per heavy atom. The highest BCUT2D eigenvalue weighted by Gasteiger charge is 2.27. The summed E-state index contributed by atoms with van der Waals surface area (Å²) in [5, 5.41) is 3.53. The van der Waals surface area contributed by atoms with Gasteiger partial charge in [0.2, 0.25) is 0 Å². The molecule has 0 unspecified atom stereocenters. The first-order valence-electron chi connectivity index (χ1n) is 8.54. The molecule has 0 radical (unpaired) electrons. The van der Waals surface area contributed by atoms with E-state index in [2.05, 4.69) is 5.32 Å². The molecule has 0 bridgehead atoms. The number of esters is 1. The van der Waals surface area contributed by atoms with Crippen molar-refractivity contribution in [2.45, 2.75) is 18.7 Å². The number of ether oxygens (including phenoxy) is 1. The average Bonchev–Trinajstić information content (AvgIpc) is 3.44. The number of hydrogen-bond acceptors (Lipinski definition) is 6. The molecule has 27 heavy (non-hydrogen) atoms. The van der Waals surface area contributed by atoms with E-state index in [0.717, 1.165) is 28.5 Å². The van der Waals surface area contributed by atoms with Crippen LogP contribution in [0.5, 0.6) is 0 Å². The van der Waals surface area contributed by atoms with E-state index in [1.165, 1.54) is 4.88 Å². The van der Waals surface area contributed by atoms with Gasteiger partial charge < -0.3 is 19.0 Å². The molecule has 1 aliphatic rings. The number of aromatic nitrogens is 1. The number of rotatable bonds is 6. The molecular weight excluding hydrogens is 384 g/mol. The molecule has 8 heteroatoms. The lowest BCUT2D eigenvalue weighted by molar-refractivity contribution is -0.124. The fraction of sp³-hybridized carbons (Fsp3) is 0.263. The lowest BCUT2D eigenvalue weighted by Gasteiger charge is -2.12. The van der Waals surface area contributed by atoms with Gasteiger partial charge in [-0.3, -0.25) is 4.79 Å². The van der Waals surface area contributed by atoms with Crippen molar-refractivity contribution in [1.29, 1.82) is 0 Å². The Hall–Kier alpha value is -2.45. The minimum atomic E-state index is -0.448. The summed E-state index contributed by atoms with van der Waals surface area (Å²) in [6, 6.07) is 7.36. The van der Waals surface area contributed by atoms with E-state index in [1.807, 2.05) is 40.9 Å². The summed E-state index contributed by atoms with van der Waals surface area (Å²) in [4.78, 5) is 26.0. The van der Waals surface area contributed by atoms with Crippen LogP contribution >= 0.6 is 23.1 Å². The van der Waals surface area contributed by atoms with Crippen LogP contribution in [0, 0.1) is 0 Å². The van der Waals surface area contributed by atoms with Gasteiger partial charge in [0.25, 0.3) is 5.91 Å². The maximum atomic E-state index is 12.8. The molecule has 0 saturated carbocycles. The van der Waals surface area contributed by atoms with Gasteiger partial charge in [-0.15, -0.1) is 11.3 Å². The van der Waals surface area contributed by atoms with Crippen molar-refractivity contribution < 1.29 is 18.7 Å². The molecular formula is C19H18N2O4S2. The summed E-state index contributed by atoms with van der Waals surface area (Å²) in [6.07, 6.45) is 6.21. The normalized spacial score (nSPS) is 13.2. The van der Waals surface area contributed by atoms with E-state index in [9.17, 15) is 9.59 Å². The minimum absolute atomic E-state index is 0.267. The molecule has 0 fully saturated rings. The largest absolute Gasteiger partial charge is 0.467 e. The average molecular weight is 402 g/mol. The number of hydrogen-bond donors (Lipinski definition) is 1. The molecule has 140 valence electrons. The van der Waals surface area contributed by atoms with Crippen molar-refractivity contribution in [3.05, 3.63) is 64.7 Å². The highest BCUT2D eigenvalue weighted by molar-refractivity contribution is 7.98. The van der Waals surface area contributed by atoms with Crippen molar-refractivity contribution >= 4 is 35.0 Å². The van der Waals surface area contributed by atoms with E-state index < -0.39 is 5.97 Å². The number of thioether (sulfide) groups is 1. The number of fused-ring (bicyclic) bond motifs is 1. The monoisotopic (exact) mass is 402 g/mol. The van der Waals surface area contributed by atoms with Crippen molar-refractivity contribution in [2.24, 2.45) is 0 Å². The lowest BCUT2D eigenvalue weighted by atomic mass is 10.1. The van der Waals surface area contributed by atoms with E-state index in [4.69, 9.17) is 9.15 Å². The zero-order valence-corrected chi connectivity index (χ0v) is 16.1. The minimum Gasteiger partial charge on any atom is -0.467 e. The Morgan fingerprint density at radius 3 is 2.89 bits per heavy atom. The second-order valence-electron chi connectivity index (χ2n) is 6.01. The van der Waals surface area contributed by atoms with Gasteiger partial charge in [-0.25, -0.2) is 4.79 Å². The molecule has 1 N–H and O–H groups in total. The molecule has 0 aliphatic carbocycles. The van der Waals surface area contributed by atoms with Crippen LogP contribution in [0.15, 0.2) is 47.3 Å². The number of nitrogens with zero attached hydrogens (tertiary/aromatic N) is 1. The van der Waals surface area contributed by atoms with Crippen LogP contribution in [0.25, 0.3) is 5.00 Å². The molecule has 0 atom stereocenters. The van der Waals surface area contributed by atoms with Gasteiger partial charge in [0.1, 0.15) is 10.8 Å². The Morgan fingerprint density at radius 2 is 2.11 bits per heavy atom. The van der Waals surface area contributed by atoms with Crippen LogP contribution in [0.4, 0.5) is 0 Å². The number of furan rings is 1. The highest BCUT2D eigenvalue weighted by Crippen LogP contribution is 2.38. The molecule has 1 aliphatic heterocycles.